The fourth-order valence-corrected chi connectivity index (χ4v) is 4.94. The van der Waals surface area contributed by atoms with E-state index in [0.29, 0.717) is 27.9 Å². The summed E-state index contributed by atoms with van der Waals surface area (Å²) in [5.41, 5.74) is 0.983. The van der Waals surface area contributed by atoms with Gasteiger partial charge < -0.3 is 14.6 Å². The molecule has 2 aromatic rings. The molecule has 5 nitrogen and oxygen atoms in total. The summed E-state index contributed by atoms with van der Waals surface area (Å²) in [5.74, 6) is 2.11. The largest absolute Gasteiger partial charge is 0.491 e. The summed E-state index contributed by atoms with van der Waals surface area (Å²) in [6.07, 6.45) is 5.16. The number of methoxy groups -OCH3 is 1. The van der Waals surface area contributed by atoms with Crippen LogP contribution in [0.1, 0.15) is 25.7 Å². The first-order valence-electron chi connectivity index (χ1n) is 8.36. The van der Waals surface area contributed by atoms with E-state index in [-0.39, 0.29) is 0 Å². The summed E-state index contributed by atoms with van der Waals surface area (Å²) in [6, 6.07) is 4.27. The summed E-state index contributed by atoms with van der Waals surface area (Å²) in [5, 5.41) is 9.48. The van der Waals surface area contributed by atoms with Gasteiger partial charge >= 0.3 is 0 Å². The van der Waals surface area contributed by atoms with Crippen molar-refractivity contribution < 1.29 is 9.26 Å². The maximum absolute atomic E-state index is 6.17. The van der Waals surface area contributed by atoms with Gasteiger partial charge in [0.15, 0.2) is 11.6 Å². The summed E-state index contributed by atoms with van der Waals surface area (Å²) in [7, 11) is 1.60. The number of ether oxygens (including phenoxy) is 1. The zero-order valence-electron chi connectivity index (χ0n) is 13.1. The molecule has 23 heavy (non-hydrogen) atoms. The number of hydrogen-bond acceptors (Lipinski definition) is 5. The number of piperidine rings is 3. The number of benzene rings is 1. The minimum atomic E-state index is 0.364. The number of halogens is 1. The van der Waals surface area contributed by atoms with Crippen LogP contribution in [0.2, 0.25) is 5.02 Å². The molecule has 4 aliphatic rings. The van der Waals surface area contributed by atoms with Gasteiger partial charge in [0.2, 0.25) is 5.58 Å². The highest BCUT2D eigenvalue weighted by molar-refractivity contribution is 6.33. The van der Waals surface area contributed by atoms with E-state index in [1.807, 2.05) is 12.1 Å². The van der Waals surface area contributed by atoms with Crippen LogP contribution >= 0.6 is 11.6 Å². The first kappa shape index (κ1) is 13.9. The van der Waals surface area contributed by atoms with Crippen molar-refractivity contribution in [3.05, 3.63) is 17.2 Å². The van der Waals surface area contributed by atoms with E-state index < -0.39 is 0 Å². The van der Waals surface area contributed by atoms with Crippen LogP contribution in [0.5, 0.6) is 5.75 Å². The molecule has 4 fully saturated rings. The van der Waals surface area contributed by atoms with E-state index in [9.17, 15) is 0 Å². The first-order chi connectivity index (χ1) is 11.2. The molecule has 0 radical (unpaired) electrons. The number of rotatable bonds is 3. The van der Waals surface area contributed by atoms with Gasteiger partial charge in [0.1, 0.15) is 0 Å². The van der Waals surface area contributed by atoms with Crippen LogP contribution in [0.15, 0.2) is 16.7 Å². The molecule has 2 bridgehead atoms. The summed E-state index contributed by atoms with van der Waals surface area (Å²) in [4.78, 5) is 2.68. The van der Waals surface area contributed by atoms with Crippen molar-refractivity contribution in [3.63, 3.8) is 0 Å². The lowest BCUT2D eigenvalue weighted by Gasteiger charge is -2.52. The third-order valence-corrected chi connectivity index (χ3v) is 6.32. The molecule has 4 heterocycles. The average molecular weight is 334 g/mol. The number of anilines is 1. The minimum Gasteiger partial charge on any atom is -0.491 e. The van der Waals surface area contributed by atoms with Crippen molar-refractivity contribution in [1.29, 1.82) is 0 Å². The summed E-state index contributed by atoms with van der Waals surface area (Å²) < 4.78 is 10.9. The van der Waals surface area contributed by atoms with Gasteiger partial charge in [-0.1, -0.05) is 16.8 Å². The van der Waals surface area contributed by atoms with Gasteiger partial charge in [-0.15, -0.1) is 0 Å². The predicted octanol–water partition coefficient (Wildman–Crippen LogP) is 3.53. The smallest absolute Gasteiger partial charge is 0.212 e. The van der Waals surface area contributed by atoms with Crippen molar-refractivity contribution in [2.24, 2.45) is 5.92 Å². The third kappa shape index (κ3) is 1.86. The van der Waals surface area contributed by atoms with Gasteiger partial charge in [-0.3, -0.25) is 4.90 Å². The van der Waals surface area contributed by atoms with E-state index in [2.05, 4.69) is 15.4 Å². The Bertz CT molecular complexity index is 763. The van der Waals surface area contributed by atoms with Crippen LogP contribution in [-0.4, -0.2) is 41.8 Å². The molecule has 1 N–H and O–H groups in total. The lowest BCUT2D eigenvalue weighted by Crippen LogP contribution is -2.62. The molecule has 1 aromatic carbocycles. The maximum Gasteiger partial charge on any atom is 0.212 e. The molecule has 6 rings (SSSR count). The van der Waals surface area contributed by atoms with Crippen LogP contribution in [-0.2, 0) is 0 Å². The molecule has 1 aliphatic carbocycles. The topological polar surface area (TPSA) is 50.5 Å². The van der Waals surface area contributed by atoms with Gasteiger partial charge in [-0.05, 0) is 56.8 Å². The quantitative estimate of drug-likeness (QED) is 0.931. The lowest BCUT2D eigenvalue weighted by atomic mass is 9.77. The molecule has 1 saturated carbocycles. The molecule has 1 spiro atoms. The molecule has 6 heteroatoms. The monoisotopic (exact) mass is 333 g/mol. The van der Waals surface area contributed by atoms with Crippen LogP contribution in [0.3, 0.4) is 0 Å². The first-order valence-corrected chi connectivity index (χ1v) is 8.74. The van der Waals surface area contributed by atoms with Crippen molar-refractivity contribution in [3.8, 4) is 5.75 Å². The molecule has 3 saturated heterocycles. The fraction of sp³-hybridized carbons (Fsp3) is 0.588. The van der Waals surface area contributed by atoms with Crippen molar-refractivity contribution in [1.82, 2.24) is 10.1 Å². The second kappa shape index (κ2) is 4.77. The van der Waals surface area contributed by atoms with E-state index in [4.69, 9.17) is 20.9 Å². The van der Waals surface area contributed by atoms with Crippen molar-refractivity contribution >= 4 is 28.4 Å². The molecular formula is C17H20ClN3O2. The molecule has 0 amide bonds. The SMILES string of the molecule is COc1c(Cl)ccc2c(N[C@H]3C4CCN(CC4)C34CC4)noc12. The van der Waals surface area contributed by atoms with Crippen LogP contribution in [0.4, 0.5) is 5.82 Å². The van der Waals surface area contributed by atoms with Crippen molar-refractivity contribution in [2.75, 3.05) is 25.5 Å². The number of fused-ring (bicyclic) bond motifs is 3. The predicted molar refractivity (Wildman–Crippen MR) is 89.2 cm³/mol. The maximum atomic E-state index is 6.17. The van der Waals surface area contributed by atoms with Gasteiger partial charge in [0, 0.05) is 11.6 Å². The molecule has 0 unspecified atom stereocenters. The van der Waals surface area contributed by atoms with Crippen LogP contribution in [0, 0.1) is 5.92 Å². The van der Waals surface area contributed by atoms with Gasteiger partial charge in [0.05, 0.1) is 17.5 Å². The molecule has 3 aliphatic heterocycles. The summed E-state index contributed by atoms with van der Waals surface area (Å²) >= 11 is 6.17. The number of aromatic nitrogens is 1. The second-order valence-corrected chi connectivity index (χ2v) is 7.45. The second-order valence-electron chi connectivity index (χ2n) is 7.04. The average Bonchev–Trinajstić information content (AvgIpc) is 3.25. The highest BCUT2D eigenvalue weighted by Crippen LogP contribution is 2.54. The normalized spacial score (nSPS) is 30.8. The van der Waals surface area contributed by atoms with Gasteiger partial charge in [-0.2, -0.15) is 0 Å². The van der Waals surface area contributed by atoms with Crippen LogP contribution < -0.4 is 10.1 Å². The third-order valence-electron chi connectivity index (χ3n) is 6.03. The Hall–Kier alpha value is -1.46. The molecule has 1 aromatic heterocycles. The number of nitrogens with zero attached hydrogens (tertiary/aromatic N) is 2. The van der Waals surface area contributed by atoms with E-state index in [1.165, 1.54) is 38.8 Å². The highest BCUT2D eigenvalue weighted by Gasteiger charge is 2.60. The zero-order chi connectivity index (χ0) is 15.6. The van der Waals surface area contributed by atoms with Gasteiger partial charge in [0.25, 0.3) is 0 Å². The van der Waals surface area contributed by atoms with Crippen molar-refractivity contribution in [2.45, 2.75) is 37.3 Å². The van der Waals surface area contributed by atoms with E-state index >= 15 is 0 Å². The Balaban J connectivity index is 1.52. The van der Waals surface area contributed by atoms with Crippen LogP contribution in [0.25, 0.3) is 11.0 Å². The van der Waals surface area contributed by atoms with Gasteiger partial charge in [-0.25, -0.2) is 0 Å². The van der Waals surface area contributed by atoms with E-state index in [1.54, 1.807) is 7.11 Å². The zero-order valence-corrected chi connectivity index (χ0v) is 13.9. The van der Waals surface area contributed by atoms with E-state index in [0.717, 1.165) is 17.1 Å². The summed E-state index contributed by atoms with van der Waals surface area (Å²) in [6.45, 7) is 2.51. The highest BCUT2D eigenvalue weighted by atomic mass is 35.5. The standard InChI is InChI=1S/C17H20ClN3O2/c1-22-14-12(18)3-2-11-13(14)23-20-16(11)19-15-10-4-8-21(9-5-10)17(15)6-7-17/h2-3,10,15H,4-9H2,1H3,(H,19,20)/t15-/m0/s1. The number of hydrogen-bond donors (Lipinski definition) is 1. The molecule has 122 valence electrons. The lowest BCUT2D eigenvalue weighted by molar-refractivity contribution is 0.0202. The Morgan fingerprint density at radius 3 is 2.83 bits per heavy atom. The Kier molecular flexibility index (Phi) is 2.89. The molecular weight excluding hydrogens is 314 g/mol. The fourth-order valence-electron chi connectivity index (χ4n) is 4.72. The minimum absolute atomic E-state index is 0.364. The number of nitrogens with one attached hydrogen (secondary N) is 1. The molecule has 1 atom stereocenters. The Morgan fingerprint density at radius 2 is 2.13 bits per heavy atom. The Morgan fingerprint density at radius 1 is 1.35 bits per heavy atom. The Labute approximate surface area is 139 Å².